The zero-order chi connectivity index (χ0) is 13.6. The van der Waals surface area contributed by atoms with Gasteiger partial charge in [0.2, 0.25) is 0 Å². The van der Waals surface area contributed by atoms with E-state index in [1.165, 1.54) is 0 Å². The molecule has 3 rings (SSSR count). The molecular weight excluding hydrogens is 311 g/mol. The molecule has 19 heavy (non-hydrogen) atoms. The number of nitrogens with zero attached hydrogens (tertiary/aromatic N) is 2. The van der Waals surface area contributed by atoms with Gasteiger partial charge in [0, 0.05) is 12.1 Å². The van der Waals surface area contributed by atoms with Crippen LogP contribution in [-0.2, 0) is 0 Å². The van der Waals surface area contributed by atoms with E-state index in [1.807, 2.05) is 6.07 Å². The van der Waals surface area contributed by atoms with E-state index in [9.17, 15) is 9.50 Å². The lowest BCUT2D eigenvalue weighted by Crippen LogP contribution is -2.45. The number of hydrogen-bond acceptors (Lipinski definition) is 3. The minimum Gasteiger partial charge on any atom is -0.393 e. The molecule has 0 amide bonds. The molecule has 2 unspecified atom stereocenters. The Balaban J connectivity index is 2.00. The second-order valence-corrected chi connectivity index (χ2v) is 6.08. The van der Waals surface area contributed by atoms with E-state index in [-0.39, 0.29) is 28.5 Å². The number of rotatable bonds is 1. The summed E-state index contributed by atoms with van der Waals surface area (Å²) in [7, 11) is 0. The van der Waals surface area contributed by atoms with E-state index in [1.54, 1.807) is 12.1 Å². The Kier molecular flexibility index (Phi) is 3.23. The Morgan fingerprint density at radius 1 is 1.32 bits per heavy atom. The van der Waals surface area contributed by atoms with Gasteiger partial charge in [-0.25, -0.2) is 4.39 Å². The predicted octanol–water partition coefficient (Wildman–Crippen LogP) is 2.95. The summed E-state index contributed by atoms with van der Waals surface area (Å²) in [4.78, 5) is 2.09. The van der Waals surface area contributed by atoms with Crippen LogP contribution in [0.2, 0.25) is 0 Å². The first-order chi connectivity index (χ1) is 9.11. The van der Waals surface area contributed by atoms with Crippen LogP contribution >= 0.6 is 15.9 Å². The van der Waals surface area contributed by atoms with Crippen molar-refractivity contribution in [3.05, 3.63) is 28.0 Å². The van der Waals surface area contributed by atoms with Gasteiger partial charge in [0.25, 0.3) is 0 Å². The van der Waals surface area contributed by atoms with Crippen molar-refractivity contribution in [1.82, 2.24) is 0 Å². The zero-order valence-corrected chi connectivity index (χ0v) is 11.9. The summed E-state index contributed by atoms with van der Waals surface area (Å²) in [6.45, 7) is 0. The molecule has 2 bridgehead atoms. The molecule has 5 heteroatoms. The number of aliphatic hydroxyl groups is 1. The molecule has 1 aromatic carbocycles. The SMILES string of the molecule is N#Cc1ccc(N2C3CCC2CC(O)C3)c(F)c1Br. The van der Waals surface area contributed by atoms with Crippen LogP contribution in [0, 0.1) is 17.1 Å². The Hall–Kier alpha value is -1.12. The molecule has 100 valence electrons. The highest BCUT2D eigenvalue weighted by Crippen LogP contribution is 2.41. The number of fused-ring (bicyclic) bond motifs is 2. The molecule has 0 aliphatic carbocycles. The van der Waals surface area contributed by atoms with Gasteiger partial charge < -0.3 is 10.0 Å². The summed E-state index contributed by atoms with van der Waals surface area (Å²) in [5, 5.41) is 18.7. The first-order valence-corrected chi connectivity index (χ1v) is 7.25. The van der Waals surface area contributed by atoms with Crippen LogP contribution in [0.3, 0.4) is 0 Å². The summed E-state index contributed by atoms with van der Waals surface area (Å²) < 4.78 is 14.6. The number of benzene rings is 1. The average molecular weight is 325 g/mol. The molecule has 2 aliphatic rings. The van der Waals surface area contributed by atoms with E-state index >= 15 is 0 Å². The van der Waals surface area contributed by atoms with Crippen LogP contribution < -0.4 is 4.90 Å². The van der Waals surface area contributed by atoms with Crippen molar-refractivity contribution in [2.45, 2.75) is 43.9 Å². The largest absolute Gasteiger partial charge is 0.393 e. The van der Waals surface area contributed by atoms with Crippen LogP contribution in [0.5, 0.6) is 0 Å². The minimum absolute atomic E-state index is 0.211. The summed E-state index contributed by atoms with van der Waals surface area (Å²) in [6.07, 6.45) is 3.14. The Morgan fingerprint density at radius 3 is 2.53 bits per heavy atom. The lowest BCUT2D eigenvalue weighted by atomic mass is 9.98. The van der Waals surface area contributed by atoms with E-state index in [2.05, 4.69) is 20.8 Å². The third-order valence-corrected chi connectivity index (χ3v) is 4.94. The highest BCUT2D eigenvalue weighted by molar-refractivity contribution is 9.10. The molecule has 0 spiro atoms. The topological polar surface area (TPSA) is 47.3 Å². The lowest BCUT2D eigenvalue weighted by molar-refractivity contribution is 0.126. The second-order valence-electron chi connectivity index (χ2n) is 5.29. The number of nitriles is 1. The van der Waals surface area contributed by atoms with E-state index in [0.29, 0.717) is 24.1 Å². The van der Waals surface area contributed by atoms with Gasteiger partial charge in [-0.2, -0.15) is 5.26 Å². The molecule has 2 fully saturated rings. The van der Waals surface area contributed by atoms with Crippen LogP contribution in [0.25, 0.3) is 0 Å². The molecule has 0 saturated carbocycles. The lowest BCUT2D eigenvalue weighted by Gasteiger charge is -2.39. The molecule has 0 radical (unpaired) electrons. The fourth-order valence-electron chi connectivity index (χ4n) is 3.37. The third kappa shape index (κ3) is 2.03. The van der Waals surface area contributed by atoms with Gasteiger partial charge in [0.15, 0.2) is 5.82 Å². The van der Waals surface area contributed by atoms with Gasteiger partial charge in [-0.15, -0.1) is 0 Å². The van der Waals surface area contributed by atoms with Gasteiger partial charge >= 0.3 is 0 Å². The van der Waals surface area contributed by atoms with Crippen LogP contribution in [-0.4, -0.2) is 23.3 Å². The predicted molar refractivity (Wildman–Crippen MR) is 73.3 cm³/mol. The molecular formula is C14H14BrFN2O. The second kappa shape index (κ2) is 4.77. The van der Waals surface area contributed by atoms with E-state index in [4.69, 9.17) is 5.26 Å². The summed E-state index contributed by atoms with van der Waals surface area (Å²) in [6, 6.07) is 5.72. The maximum absolute atomic E-state index is 14.4. The quantitative estimate of drug-likeness (QED) is 0.864. The Bertz CT molecular complexity index is 543. The number of hydrogen-bond donors (Lipinski definition) is 1. The van der Waals surface area contributed by atoms with Crippen molar-refractivity contribution in [3.63, 3.8) is 0 Å². The molecule has 1 N–H and O–H groups in total. The van der Waals surface area contributed by atoms with Gasteiger partial charge in [-0.1, -0.05) is 0 Å². The average Bonchev–Trinajstić information content (AvgIpc) is 2.65. The number of anilines is 1. The van der Waals surface area contributed by atoms with E-state index < -0.39 is 0 Å². The molecule has 1 aromatic rings. The fourth-order valence-corrected chi connectivity index (χ4v) is 3.79. The third-order valence-electron chi connectivity index (χ3n) is 4.17. The van der Waals surface area contributed by atoms with Crippen molar-refractivity contribution >= 4 is 21.6 Å². The monoisotopic (exact) mass is 324 g/mol. The van der Waals surface area contributed by atoms with Gasteiger partial charge in [-0.05, 0) is 53.7 Å². The van der Waals surface area contributed by atoms with Crippen LogP contribution in [0.4, 0.5) is 10.1 Å². The summed E-state index contributed by atoms with van der Waals surface area (Å²) >= 11 is 3.16. The molecule has 0 aromatic heterocycles. The molecule has 3 nitrogen and oxygen atoms in total. The van der Waals surface area contributed by atoms with Crippen molar-refractivity contribution < 1.29 is 9.50 Å². The molecule has 2 atom stereocenters. The highest BCUT2D eigenvalue weighted by atomic mass is 79.9. The normalized spacial score (nSPS) is 29.4. The highest BCUT2D eigenvalue weighted by Gasteiger charge is 2.41. The molecule has 2 aliphatic heterocycles. The molecule has 2 heterocycles. The summed E-state index contributed by atoms with van der Waals surface area (Å²) in [5.74, 6) is -0.368. The fraction of sp³-hybridized carbons (Fsp3) is 0.500. The minimum atomic E-state index is -0.368. The number of piperidine rings is 1. The Morgan fingerprint density at radius 2 is 1.95 bits per heavy atom. The maximum Gasteiger partial charge on any atom is 0.162 e. The number of aliphatic hydroxyl groups excluding tert-OH is 1. The van der Waals surface area contributed by atoms with Gasteiger partial charge in [0.1, 0.15) is 6.07 Å². The first kappa shape index (κ1) is 12.9. The Labute approximate surface area is 119 Å². The number of halogens is 2. The van der Waals surface area contributed by atoms with Crippen molar-refractivity contribution in [2.24, 2.45) is 0 Å². The smallest absolute Gasteiger partial charge is 0.162 e. The first-order valence-electron chi connectivity index (χ1n) is 6.46. The van der Waals surface area contributed by atoms with E-state index in [0.717, 1.165) is 12.8 Å². The van der Waals surface area contributed by atoms with Crippen molar-refractivity contribution in [2.75, 3.05) is 4.90 Å². The maximum atomic E-state index is 14.4. The standard InChI is InChI=1S/C14H14BrFN2O/c15-13-8(7-17)1-4-12(14(13)16)18-9-2-3-10(18)6-11(19)5-9/h1,4,9-11,19H,2-3,5-6H2. The van der Waals surface area contributed by atoms with Crippen LogP contribution in [0.1, 0.15) is 31.2 Å². The zero-order valence-electron chi connectivity index (χ0n) is 10.3. The summed E-state index contributed by atoms with van der Waals surface area (Å²) in [5.41, 5.74) is 0.857. The van der Waals surface area contributed by atoms with Gasteiger partial charge in [-0.3, -0.25) is 0 Å². The molecule has 2 saturated heterocycles. The van der Waals surface area contributed by atoms with Crippen molar-refractivity contribution in [1.29, 1.82) is 5.26 Å². The van der Waals surface area contributed by atoms with Gasteiger partial charge in [0.05, 0.1) is 21.8 Å². The van der Waals surface area contributed by atoms with Crippen molar-refractivity contribution in [3.8, 4) is 6.07 Å². The van der Waals surface area contributed by atoms with Crippen LogP contribution in [0.15, 0.2) is 16.6 Å².